The molecule has 0 radical (unpaired) electrons. The van der Waals surface area contributed by atoms with Crippen LogP contribution in [0.3, 0.4) is 0 Å². The second kappa shape index (κ2) is 6.26. The van der Waals surface area contributed by atoms with Gasteiger partial charge in [-0.2, -0.15) is 42.1 Å². The molecule has 4 aliphatic heterocycles. The van der Waals surface area contributed by atoms with Crippen molar-refractivity contribution < 1.29 is 19.4 Å². The van der Waals surface area contributed by atoms with Gasteiger partial charge in [0, 0.05) is 0 Å². The molecule has 4 rings (SSSR count). The topological polar surface area (TPSA) is 246 Å². The van der Waals surface area contributed by atoms with Crippen molar-refractivity contribution in [2.24, 2.45) is 21.7 Å². The molecular formula is C22H8N8O4. The van der Waals surface area contributed by atoms with Crippen LogP contribution in [0.2, 0.25) is 0 Å². The fourth-order valence-electron chi connectivity index (χ4n) is 5.41. The van der Waals surface area contributed by atoms with E-state index in [0.29, 0.717) is 0 Å². The van der Waals surface area contributed by atoms with Crippen LogP contribution in [-0.2, 0) is 14.3 Å². The SMILES string of the molecule is N#CC1(C#N)[C@H]2C=C[C@@]([C@H](O)C(=O)[C@@]34C=C[C@@H](O3)C(C#N)(C#N)C4(C#N)C#N)(O2)C1(C#N)C#N. The molecule has 0 aromatic carbocycles. The number of ketones is 1. The molecule has 0 saturated carbocycles. The number of fused-ring (bicyclic) bond motifs is 4. The van der Waals surface area contributed by atoms with Gasteiger partial charge in [-0.3, -0.25) is 4.79 Å². The van der Waals surface area contributed by atoms with Crippen LogP contribution in [0.15, 0.2) is 24.3 Å². The van der Waals surface area contributed by atoms with Crippen LogP contribution in [0.1, 0.15) is 0 Å². The standard InChI is InChI=1S/C22H8N8O4/c23-5-17(6-24)13-1-3-21(33-13,19(17,9-27)10-28)15(31)16(32)22-4-2-14(34-22)18(7-25,8-26)20(22,11-29)12-30/h1-4,13-15,31H/t13-,14-,15-,21+,22-/m1/s1. The molecule has 2 saturated heterocycles. The van der Waals surface area contributed by atoms with Crippen molar-refractivity contribution in [2.75, 3.05) is 0 Å². The summed E-state index contributed by atoms with van der Waals surface area (Å²) in [5.41, 5.74) is -15.6. The molecule has 1 N–H and O–H groups in total. The van der Waals surface area contributed by atoms with E-state index < -0.39 is 57.0 Å². The van der Waals surface area contributed by atoms with Gasteiger partial charge < -0.3 is 14.6 Å². The lowest BCUT2D eigenvalue weighted by Gasteiger charge is -2.42. The number of nitrogens with zero attached hydrogens (tertiary/aromatic N) is 8. The molecule has 0 aliphatic carbocycles. The second-order valence-corrected chi connectivity index (χ2v) is 8.10. The molecule has 4 aliphatic rings. The Morgan fingerprint density at radius 3 is 1.62 bits per heavy atom. The highest BCUT2D eigenvalue weighted by atomic mass is 16.5. The van der Waals surface area contributed by atoms with Gasteiger partial charge in [-0.1, -0.05) is 12.2 Å². The van der Waals surface area contributed by atoms with Gasteiger partial charge in [0.2, 0.25) is 27.4 Å². The molecule has 0 aromatic rings. The maximum absolute atomic E-state index is 13.8. The average molecular weight is 448 g/mol. The maximum atomic E-state index is 13.8. The summed E-state index contributed by atoms with van der Waals surface area (Å²) in [6.07, 6.45) is -1.24. The van der Waals surface area contributed by atoms with Gasteiger partial charge in [0.25, 0.3) is 0 Å². The molecule has 5 atom stereocenters. The van der Waals surface area contributed by atoms with Crippen molar-refractivity contribution in [1.29, 1.82) is 42.1 Å². The number of ether oxygens (including phenoxy) is 2. The predicted octanol–water partition coefficient (Wildman–Crippen LogP) is -0.535. The highest BCUT2D eigenvalue weighted by molar-refractivity contribution is 5.99. The number of nitriles is 8. The van der Waals surface area contributed by atoms with Crippen molar-refractivity contribution in [3.8, 4) is 48.6 Å². The van der Waals surface area contributed by atoms with Crippen molar-refractivity contribution in [1.82, 2.24) is 0 Å². The highest BCUT2D eigenvalue weighted by Gasteiger charge is 2.85. The minimum atomic E-state index is -2.75. The maximum Gasteiger partial charge on any atom is 0.217 e. The Labute approximate surface area is 191 Å². The Bertz CT molecular complexity index is 1400. The minimum Gasteiger partial charge on any atom is -0.382 e. The van der Waals surface area contributed by atoms with Crippen molar-refractivity contribution in [3.63, 3.8) is 0 Å². The smallest absolute Gasteiger partial charge is 0.217 e. The number of carbonyl (C=O) groups is 1. The number of carbonyl (C=O) groups excluding carboxylic acids is 1. The highest BCUT2D eigenvalue weighted by Crippen LogP contribution is 2.66. The fraction of sp³-hybridized carbons (Fsp3) is 0.409. The van der Waals surface area contributed by atoms with Crippen molar-refractivity contribution in [2.45, 2.75) is 29.5 Å². The zero-order valence-electron chi connectivity index (χ0n) is 16.8. The molecule has 34 heavy (non-hydrogen) atoms. The van der Waals surface area contributed by atoms with Crippen LogP contribution in [0.25, 0.3) is 0 Å². The summed E-state index contributed by atoms with van der Waals surface area (Å²) in [6.45, 7) is 0. The third-order valence-electron chi connectivity index (χ3n) is 7.24. The Morgan fingerprint density at radius 1 is 0.706 bits per heavy atom. The van der Waals surface area contributed by atoms with Crippen LogP contribution in [-0.4, -0.2) is 40.4 Å². The third-order valence-corrected chi connectivity index (χ3v) is 7.24. The Balaban J connectivity index is 1.96. The second-order valence-electron chi connectivity index (χ2n) is 8.10. The van der Waals surface area contributed by atoms with E-state index in [1.807, 2.05) is 0 Å². The molecule has 0 aromatic heterocycles. The van der Waals surface area contributed by atoms with E-state index in [1.54, 1.807) is 36.4 Å². The molecule has 0 unspecified atom stereocenters. The summed E-state index contributed by atoms with van der Waals surface area (Å²) in [4.78, 5) is 13.8. The first-order valence-electron chi connectivity index (χ1n) is 9.45. The summed E-state index contributed by atoms with van der Waals surface area (Å²) >= 11 is 0. The van der Waals surface area contributed by atoms with Gasteiger partial charge in [-0.25, -0.2) is 0 Å². The first-order chi connectivity index (χ1) is 16.2. The number of hydrogen-bond donors (Lipinski definition) is 1. The first kappa shape index (κ1) is 22.2. The van der Waals surface area contributed by atoms with E-state index in [-0.39, 0.29) is 0 Å². The zero-order valence-corrected chi connectivity index (χ0v) is 16.8. The fourth-order valence-corrected chi connectivity index (χ4v) is 5.41. The number of aliphatic hydroxyl groups excluding tert-OH is 1. The van der Waals surface area contributed by atoms with Gasteiger partial charge in [0.1, 0.15) is 12.2 Å². The monoisotopic (exact) mass is 448 g/mol. The molecule has 2 fully saturated rings. The van der Waals surface area contributed by atoms with E-state index in [4.69, 9.17) is 9.47 Å². The Hall–Kier alpha value is -5.05. The van der Waals surface area contributed by atoms with Crippen LogP contribution in [0, 0.1) is 112 Å². The van der Waals surface area contributed by atoms with Gasteiger partial charge in [-0.05, 0) is 12.2 Å². The largest absolute Gasteiger partial charge is 0.382 e. The van der Waals surface area contributed by atoms with Crippen LogP contribution in [0.5, 0.6) is 0 Å². The molecule has 0 spiro atoms. The van der Waals surface area contributed by atoms with E-state index in [2.05, 4.69) is 0 Å². The Morgan fingerprint density at radius 2 is 1.15 bits per heavy atom. The lowest BCUT2D eigenvalue weighted by atomic mass is 9.51. The predicted molar refractivity (Wildman–Crippen MR) is 99.1 cm³/mol. The summed E-state index contributed by atoms with van der Waals surface area (Å²) < 4.78 is 11.1. The molecule has 0 amide bonds. The number of rotatable bonds is 3. The number of hydrogen-bond acceptors (Lipinski definition) is 12. The van der Waals surface area contributed by atoms with E-state index in [9.17, 15) is 52.0 Å². The molecule has 12 heteroatoms. The van der Waals surface area contributed by atoms with Gasteiger partial charge in [0.15, 0.2) is 17.3 Å². The Kier molecular flexibility index (Phi) is 4.08. The molecule has 4 bridgehead atoms. The van der Waals surface area contributed by atoms with E-state index in [1.165, 1.54) is 12.1 Å². The summed E-state index contributed by atoms with van der Waals surface area (Å²) in [7, 11) is 0. The quantitative estimate of drug-likeness (QED) is 0.535. The van der Waals surface area contributed by atoms with Crippen molar-refractivity contribution >= 4 is 5.78 Å². The summed E-state index contributed by atoms with van der Waals surface area (Å²) in [5, 5.41) is 89.9. The molecule has 4 heterocycles. The lowest BCUT2D eigenvalue weighted by Crippen LogP contribution is -2.65. The zero-order chi connectivity index (χ0) is 25.2. The van der Waals surface area contributed by atoms with E-state index >= 15 is 0 Å². The summed E-state index contributed by atoms with van der Waals surface area (Å²) in [5.74, 6) is -1.46. The van der Waals surface area contributed by atoms with Gasteiger partial charge in [-0.15, -0.1) is 0 Å². The molecular weight excluding hydrogens is 440 g/mol. The van der Waals surface area contributed by atoms with Gasteiger partial charge in [0.05, 0.1) is 48.6 Å². The average Bonchev–Trinajstić information content (AvgIpc) is 3.62. The van der Waals surface area contributed by atoms with Crippen LogP contribution in [0.4, 0.5) is 0 Å². The number of Topliss-reactive ketones (excluding diaryl/α,β-unsaturated/α-hetero) is 1. The minimum absolute atomic E-state index is 0.965. The van der Waals surface area contributed by atoms with Crippen LogP contribution < -0.4 is 0 Å². The normalized spacial score (nSPS) is 35.7. The van der Waals surface area contributed by atoms with E-state index in [0.717, 1.165) is 24.3 Å². The summed E-state index contributed by atoms with van der Waals surface area (Å²) in [6, 6.07) is 12.6. The molecule has 160 valence electrons. The van der Waals surface area contributed by atoms with Gasteiger partial charge >= 0.3 is 0 Å². The molecule has 12 nitrogen and oxygen atoms in total. The van der Waals surface area contributed by atoms with Crippen molar-refractivity contribution in [3.05, 3.63) is 24.3 Å². The van der Waals surface area contributed by atoms with Crippen LogP contribution >= 0.6 is 0 Å². The number of aliphatic hydroxyl groups is 1. The first-order valence-corrected chi connectivity index (χ1v) is 9.45. The lowest BCUT2D eigenvalue weighted by molar-refractivity contribution is -0.162. The third kappa shape index (κ3) is 1.65.